The molecule has 0 radical (unpaired) electrons. The first-order chi connectivity index (χ1) is 9.59. The van der Waals surface area contributed by atoms with Crippen LogP contribution in [0.1, 0.15) is 37.7 Å². The number of hydrogen-bond donors (Lipinski definition) is 1. The van der Waals surface area contributed by atoms with Crippen LogP contribution in [0.2, 0.25) is 5.02 Å². The van der Waals surface area contributed by atoms with E-state index in [1.165, 1.54) is 0 Å². The van der Waals surface area contributed by atoms with Crippen LogP contribution in [0.15, 0.2) is 24.3 Å². The van der Waals surface area contributed by atoms with Gasteiger partial charge in [-0.15, -0.1) is 0 Å². The molecule has 1 amide bonds. The number of carbonyl (C=O) groups excluding carboxylic acids is 1. The molecule has 108 valence electrons. The molecule has 3 rings (SSSR count). The summed E-state index contributed by atoms with van der Waals surface area (Å²) in [5, 5.41) is 10.3. The van der Waals surface area contributed by atoms with Crippen molar-refractivity contribution in [2.24, 2.45) is 5.41 Å². The summed E-state index contributed by atoms with van der Waals surface area (Å²) >= 11 is 5.99. The standard InChI is InChI=1S/C16H20ClNO2/c17-13-3-1-2-12(10-13)11-18-9-8-16(15(18)20)6-4-14(19)5-7-16/h1-3,10,14,19H,4-9,11H2/t14-,16+. The van der Waals surface area contributed by atoms with E-state index in [1.807, 2.05) is 29.2 Å². The van der Waals surface area contributed by atoms with Crippen LogP contribution >= 0.6 is 11.6 Å². The smallest absolute Gasteiger partial charge is 0.229 e. The summed E-state index contributed by atoms with van der Waals surface area (Å²) in [6, 6.07) is 7.70. The van der Waals surface area contributed by atoms with Crippen molar-refractivity contribution in [2.75, 3.05) is 6.54 Å². The van der Waals surface area contributed by atoms with Gasteiger partial charge in [0.05, 0.1) is 11.5 Å². The van der Waals surface area contributed by atoms with Crippen LogP contribution in [0.5, 0.6) is 0 Å². The van der Waals surface area contributed by atoms with E-state index in [1.54, 1.807) is 0 Å². The van der Waals surface area contributed by atoms with E-state index in [9.17, 15) is 9.90 Å². The average molecular weight is 294 g/mol. The molecule has 0 aromatic heterocycles. The summed E-state index contributed by atoms with van der Waals surface area (Å²) in [5.41, 5.74) is 0.886. The summed E-state index contributed by atoms with van der Waals surface area (Å²) in [5.74, 6) is 0.268. The number of benzene rings is 1. The van der Waals surface area contributed by atoms with E-state index in [-0.39, 0.29) is 17.4 Å². The fraction of sp³-hybridized carbons (Fsp3) is 0.562. The van der Waals surface area contributed by atoms with Crippen molar-refractivity contribution in [3.63, 3.8) is 0 Å². The molecule has 4 heteroatoms. The Kier molecular flexibility index (Phi) is 3.74. The fourth-order valence-electron chi connectivity index (χ4n) is 3.52. The van der Waals surface area contributed by atoms with Gasteiger partial charge in [-0.3, -0.25) is 4.79 Å². The Balaban J connectivity index is 1.70. The van der Waals surface area contributed by atoms with Gasteiger partial charge in [-0.25, -0.2) is 0 Å². The van der Waals surface area contributed by atoms with Crippen molar-refractivity contribution in [1.82, 2.24) is 4.90 Å². The number of nitrogens with zero attached hydrogens (tertiary/aromatic N) is 1. The highest BCUT2D eigenvalue weighted by atomic mass is 35.5. The van der Waals surface area contributed by atoms with Crippen molar-refractivity contribution < 1.29 is 9.90 Å². The van der Waals surface area contributed by atoms with Gasteiger partial charge >= 0.3 is 0 Å². The number of rotatable bonds is 2. The first kappa shape index (κ1) is 13.9. The lowest BCUT2D eigenvalue weighted by atomic mass is 9.72. The maximum atomic E-state index is 12.7. The van der Waals surface area contributed by atoms with E-state index >= 15 is 0 Å². The number of carbonyl (C=O) groups is 1. The summed E-state index contributed by atoms with van der Waals surface area (Å²) in [7, 11) is 0. The van der Waals surface area contributed by atoms with Crippen LogP contribution in [0.3, 0.4) is 0 Å². The highest BCUT2D eigenvalue weighted by molar-refractivity contribution is 6.30. The molecule has 1 aliphatic heterocycles. The van der Waals surface area contributed by atoms with Gasteiger partial charge < -0.3 is 10.0 Å². The van der Waals surface area contributed by atoms with Crippen LogP contribution in [0, 0.1) is 5.41 Å². The lowest BCUT2D eigenvalue weighted by molar-refractivity contribution is -0.139. The van der Waals surface area contributed by atoms with Crippen LogP contribution in [0.4, 0.5) is 0 Å². The third-order valence-corrected chi connectivity index (χ3v) is 5.01. The van der Waals surface area contributed by atoms with Crippen molar-refractivity contribution in [3.8, 4) is 0 Å². The van der Waals surface area contributed by atoms with E-state index in [2.05, 4.69) is 0 Å². The number of halogens is 1. The minimum atomic E-state index is -0.213. The molecule has 2 fully saturated rings. The molecule has 0 bridgehead atoms. The first-order valence-electron chi connectivity index (χ1n) is 7.31. The molecule has 20 heavy (non-hydrogen) atoms. The highest BCUT2D eigenvalue weighted by Gasteiger charge is 2.47. The summed E-state index contributed by atoms with van der Waals surface area (Å²) in [6.45, 7) is 1.46. The Morgan fingerprint density at radius 3 is 2.75 bits per heavy atom. The zero-order valence-electron chi connectivity index (χ0n) is 11.5. The zero-order valence-corrected chi connectivity index (χ0v) is 12.3. The molecule has 0 unspecified atom stereocenters. The second kappa shape index (κ2) is 5.38. The number of likely N-dealkylation sites (tertiary alicyclic amines) is 1. The van der Waals surface area contributed by atoms with Gasteiger partial charge in [-0.2, -0.15) is 0 Å². The monoisotopic (exact) mass is 293 g/mol. The normalized spacial score (nSPS) is 30.2. The van der Waals surface area contributed by atoms with Gasteiger partial charge in [-0.05, 0) is 49.8 Å². The highest BCUT2D eigenvalue weighted by Crippen LogP contribution is 2.45. The van der Waals surface area contributed by atoms with Crippen LogP contribution in [-0.2, 0) is 11.3 Å². The van der Waals surface area contributed by atoms with Crippen molar-refractivity contribution in [1.29, 1.82) is 0 Å². The Labute approximate surface area is 124 Å². The van der Waals surface area contributed by atoms with Gasteiger partial charge in [-0.1, -0.05) is 23.7 Å². The number of amides is 1. The molecular weight excluding hydrogens is 274 g/mol. The lowest BCUT2D eigenvalue weighted by Crippen LogP contribution is -2.38. The zero-order chi connectivity index (χ0) is 14.2. The summed E-state index contributed by atoms with van der Waals surface area (Å²) in [6.07, 6.45) is 3.90. The van der Waals surface area contributed by atoms with Crippen molar-refractivity contribution in [3.05, 3.63) is 34.9 Å². The molecule has 2 aliphatic rings. The van der Waals surface area contributed by atoms with Gasteiger partial charge in [0, 0.05) is 18.1 Å². The molecular formula is C16H20ClNO2. The van der Waals surface area contributed by atoms with Crippen LogP contribution in [-0.4, -0.2) is 28.6 Å². The second-order valence-electron chi connectivity index (χ2n) is 6.12. The van der Waals surface area contributed by atoms with E-state index < -0.39 is 0 Å². The second-order valence-corrected chi connectivity index (χ2v) is 6.55. The Morgan fingerprint density at radius 1 is 1.30 bits per heavy atom. The van der Waals surface area contributed by atoms with Crippen LogP contribution in [0.25, 0.3) is 0 Å². The number of aliphatic hydroxyl groups is 1. The lowest BCUT2D eigenvalue weighted by Gasteiger charge is -2.33. The van der Waals surface area contributed by atoms with E-state index in [0.29, 0.717) is 11.6 Å². The van der Waals surface area contributed by atoms with Gasteiger partial charge in [0.1, 0.15) is 0 Å². The molecule has 1 heterocycles. The minimum absolute atomic E-state index is 0.197. The minimum Gasteiger partial charge on any atom is -0.393 e. The van der Waals surface area contributed by atoms with Gasteiger partial charge in [0.2, 0.25) is 5.91 Å². The molecule has 1 saturated heterocycles. The van der Waals surface area contributed by atoms with Crippen molar-refractivity contribution in [2.45, 2.75) is 44.8 Å². The summed E-state index contributed by atoms with van der Waals surface area (Å²) in [4.78, 5) is 14.6. The molecule has 0 atom stereocenters. The Bertz CT molecular complexity index is 509. The van der Waals surface area contributed by atoms with Gasteiger partial charge in [0.15, 0.2) is 0 Å². The first-order valence-corrected chi connectivity index (χ1v) is 7.69. The van der Waals surface area contributed by atoms with Gasteiger partial charge in [0.25, 0.3) is 0 Å². The third-order valence-electron chi connectivity index (χ3n) is 4.78. The topological polar surface area (TPSA) is 40.5 Å². The molecule has 1 saturated carbocycles. The number of hydrogen-bond acceptors (Lipinski definition) is 2. The fourth-order valence-corrected chi connectivity index (χ4v) is 3.73. The largest absolute Gasteiger partial charge is 0.393 e. The van der Waals surface area contributed by atoms with E-state index in [0.717, 1.165) is 44.2 Å². The predicted octanol–water partition coefficient (Wildman–Crippen LogP) is 2.99. The third kappa shape index (κ3) is 2.57. The van der Waals surface area contributed by atoms with Crippen molar-refractivity contribution >= 4 is 17.5 Å². The maximum Gasteiger partial charge on any atom is 0.229 e. The molecule has 1 aromatic rings. The predicted molar refractivity (Wildman–Crippen MR) is 78.4 cm³/mol. The Morgan fingerprint density at radius 2 is 2.05 bits per heavy atom. The van der Waals surface area contributed by atoms with Crippen LogP contribution < -0.4 is 0 Å². The molecule has 1 aliphatic carbocycles. The molecule has 1 spiro atoms. The van der Waals surface area contributed by atoms with E-state index in [4.69, 9.17) is 11.6 Å². The summed E-state index contributed by atoms with van der Waals surface area (Å²) < 4.78 is 0. The number of aliphatic hydroxyl groups excluding tert-OH is 1. The average Bonchev–Trinajstić information content (AvgIpc) is 2.72. The molecule has 3 nitrogen and oxygen atoms in total. The Hall–Kier alpha value is -1.06. The molecule has 1 aromatic carbocycles. The molecule has 1 N–H and O–H groups in total. The quantitative estimate of drug-likeness (QED) is 0.910. The SMILES string of the molecule is O=C1N(Cc2cccc(Cl)c2)CC[C@]12CC[C@H](O)CC2. The maximum absolute atomic E-state index is 12.7.